The van der Waals surface area contributed by atoms with Crippen LogP contribution in [0.2, 0.25) is 0 Å². The Morgan fingerprint density at radius 3 is 2.73 bits per heavy atom. The van der Waals surface area contributed by atoms with Gasteiger partial charge < -0.3 is 11.1 Å². The Balaban J connectivity index is 2.16. The van der Waals surface area contributed by atoms with Crippen LogP contribution in [0.15, 0.2) is 4.99 Å². The van der Waals surface area contributed by atoms with E-state index in [9.17, 15) is 0 Å². The summed E-state index contributed by atoms with van der Waals surface area (Å²) in [7, 11) is 0. The number of guanidine groups is 1. The first-order chi connectivity index (χ1) is 5.22. The van der Waals surface area contributed by atoms with Gasteiger partial charge in [-0.25, -0.2) is 0 Å². The third-order valence-corrected chi connectivity index (χ3v) is 2.05. The van der Waals surface area contributed by atoms with E-state index in [-0.39, 0.29) is 0 Å². The van der Waals surface area contributed by atoms with Crippen LogP contribution in [0.3, 0.4) is 0 Å². The van der Waals surface area contributed by atoms with Gasteiger partial charge in [-0.3, -0.25) is 4.99 Å². The summed E-state index contributed by atoms with van der Waals surface area (Å²) in [5, 5.41) is 3.18. The van der Waals surface area contributed by atoms with Crippen molar-refractivity contribution < 1.29 is 0 Å². The Bertz CT molecular complexity index is 147. The molecule has 64 valence electrons. The zero-order valence-electron chi connectivity index (χ0n) is 7.30. The Morgan fingerprint density at radius 1 is 1.64 bits per heavy atom. The van der Waals surface area contributed by atoms with Crippen molar-refractivity contribution in [1.29, 1.82) is 0 Å². The molecule has 0 unspecified atom stereocenters. The lowest BCUT2D eigenvalue weighted by Crippen LogP contribution is -2.46. The highest BCUT2D eigenvalue weighted by atomic mass is 15.1. The smallest absolute Gasteiger partial charge is 0.188 e. The maximum atomic E-state index is 5.58. The lowest BCUT2D eigenvalue weighted by molar-refractivity contribution is 0.267. The van der Waals surface area contributed by atoms with E-state index in [0.29, 0.717) is 12.0 Å². The summed E-state index contributed by atoms with van der Waals surface area (Å²) < 4.78 is 0. The van der Waals surface area contributed by atoms with Crippen LogP contribution < -0.4 is 11.1 Å². The Kier molecular flexibility index (Phi) is 2.74. The molecule has 1 rings (SSSR count). The largest absolute Gasteiger partial charge is 0.370 e. The van der Waals surface area contributed by atoms with Crippen molar-refractivity contribution in [3.8, 4) is 0 Å². The van der Waals surface area contributed by atoms with Crippen molar-refractivity contribution in [1.82, 2.24) is 5.32 Å². The van der Waals surface area contributed by atoms with E-state index >= 15 is 0 Å². The molecule has 3 heteroatoms. The number of hydrogen-bond acceptors (Lipinski definition) is 1. The average molecular weight is 155 g/mol. The minimum Gasteiger partial charge on any atom is -0.370 e. The monoisotopic (exact) mass is 155 g/mol. The molecule has 1 fully saturated rings. The highest BCUT2D eigenvalue weighted by Crippen LogP contribution is 2.25. The topological polar surface area (TPSA) is 50.4 Å². The summed E-state index contributed by atoms with van der Waals surface area (Å²) in [5.41, 5.74) is 5.58. The molecule has 0 heterocycles. The molecule has 1 aliphatic carbocycles. The SMILES string of the molecule is CCN=C(N)NC1CC(C)C1. The molecular weight excluding hydrogens is 138 g/mol. The third-order valence-electron chi connectivity index (χ3n) is 2.05. The van der Waals surface area contributed by atoms with Crippen LogP contribution in [-0.4, -0.2) is 18.5 Å². The Labute approximate surface area is 68.1 Å². The lowest BCUT2D eigenvalue weighted by atomic mass is 9.82. The summed E-state index contributed by atoms with van der Waals surface area (Å²) in [5.74, 6) is 1.46. The fourth-order valence-corrected chi connectivity index (χ4v) is 1.45. The van der Waals surface area contributed by atoms with E-state index in [1.54, 1.807) is 0 Å². The second kappa shape index (κ2) is 3.60. The molecule has 0 spiro atoms. The molecule has 3 N–H and O–H groups in total. The van der Waals surface area contributed by atoms with Gasteiger partial charge in [0.15, 0.2) is 5.96 Å². The van der Waals surface area contributed by atoms with Gasteiger partial charge in [0.25, 0.3) is 0 Å². The molecule has 0 amide bonds. The van der Waals surface area contributed by atoms with Gasteiger partial charge in [-0.15, -0.1) is 0 Å². The van der Waals surface area contributed by atoms with E-state index in [2.05, 4.69) is 17.2 Å². The predicted molar refractivity (Wildman–Crippen MR) is 47.5 cm³/mol. The lowest BCUT2D eigenvalue weighted by Gasteiger charge is -2.33. The van der Waals surface area contributed by atoms with E-state index in [0.717, 1.165) is 12.5 Å². The van der Waals surface area contributed by atoms with Crippen molar-refractivity contribution in [2.45, 2.75) is 32.7 Å². The van der Waals surface area contributed by atoms with Crippen LogP contribution in [0.1, 0.15) is 26.7 Å². The minimum absolute atomic E-state index is 0.584. The molecule has 11 heavy (non-hydrogen) atoms. The zero-order valence-corrected chi connectivity index (χ0v) is 7.30. The van der Waals surface area contributed by atoms with Crippen LogP contribution in [0, 0.1) is 5.92 Å². The maximum absolute atomic E-state index is 5.58. The normalized spacial score (nSPS) is 31.3. The molecule has 3 nitrogen and oxygen atoms in total. The van der Waals surface area contributed by atoms with Gasteiger partial charge in [0.1, 0.15) is 0 Å². The molecule has 0 radical (unpaired) electrons. The summed E-state index contributed by atoms with van der Waals surface area (Å²) in [6, 6.07) is 0.584. The fraction of sp³-hybridized carbons (Fsp3) is 0.875. The Hall–Kier alpha value is -0.730. The van der Waals surface area contributed by atoms with Gasteiger partial charge in [0.05, 0.1) is 0 Å². The van der Waals surface area contributed by atoms with Gasteiger partial charge in [0, 0.05) is 12.6 Å². The number of nitrogens with zero attached hydrogens (tertiary/aromatic N) is 1. The number of hydrogen-bond donors (Lipinski definition) is 2. The van der Waals surface area contributed by atoms with E-state index in [4.69, 9.17) is 5.73 Å². The van der Waals surface area contributed by atoms with Crippen LogP contribution in [0.5, 0.6) is 0 Å². The number of nitrogens with one attached hydrogen (secondary N) is 1. The first-order valence-corrected chi connectivity index (χ1v) is 4.28. The Morgan fingerprint density at radius 2 is 2.27 bits per heavy atom. The fourth-order valence-electron chi connectivity index (χ4n) is 1.45. The second-order valence-electron chi connectivity index (χ2n) is 3.28. The molecule has 0 bridgehead atoms. The number of rotatable bonds is 2. The van der Waals surface area contributed by atoms with E-state index < -0.39 is 0 Å². The quantitative estimate of drug-likeness (QED) is 0.456. The minimum atomic E-state index is 0.584. The summed E-state index contributed by atoms with van der Waals surface area (Å²) in [6.07, 6.45) is 2.47. The molecular formula is C8H17N3. The molecule has 0 saturated heterocycles. The van der Waals surface area contributed by atoms with Crippen LogP contribution in [0.25, 0.3) is 0 Å². The standard InChI is InChI=1S/C8H17N3/c1-3-10-8(9)11-7-4-6(2)5-7/h6-7H,3-5H2,1-2H3,(H3,9,10,11). The molecule has 0 aromatic rings. The second-order valence-corrected chi connectivity index (χ2v) is 3.28. The predicted octanol–water partition coefficient (Wildman–Crippen LogP) is 0.709. The van der Waals surface area contributed by atoms with Crippen molar-refractivity contribution in [3.05, 3.63) is 0 Å². The highest BCUT2D eigenvalue weighted by Gasteiger charge is 2.25. The highest BCUT2D eigenvalue weighted by molar-refractivity contribution is 5.78. The number of aliphatic imine (C=N–C) groups is 1. The number of nitrogens with two attached hydrogens (primary N) is 1. The molecule has 0 aliphatic heterocycles. The van der Waals surface area contributed by atoms with Gasteiger partial charge >= 0.3 is 0 Å². The van der Waals surface area contributed by atoms with Crippen molar-refractivity contribution in [3.63, 3.8) is 0 Å². The molecule has 0 aromatic heterocycles. The summed E-state index contributed by atoms with van der Waals surface area (Å²) >= 11 is 0. The first-order valence-electron chi connectivity index (χ1n) is 4.28. The first kappa shape index (κ1) is 8.37. The van der Waals surface area contributed by atoms with Crippen molar-refractivity contribution >= 4 is 5.96 Å². The summed E-state index contributed by atoms with van der Waals surface area (Å²) in [4.78, 5) is 4.05. The van der Waals surface area contributed by atoms with Crippen LogP contribution in [0.4, 0.5) is 0 Å². The van der Waals surface area contributed by atoms with Gasteiger partial charge in [-0.05, 0) is 25.7 Å². The average Bonchev–Trinajstić information content (AvgIpc) is 1.85. The third kappa shape index (κ3) is 2.41. The molecule has 1 aliphatic rings. The van der Waals surface area contributed by atoms with Crippen molar-refractivity contribution in [2.24, 2.45) is 16.6 Å². The zero-order chi connectivity index (χ0) is 8.27. The molecule has 0 atom stereocenters. The van der Waals surface area contributed by atoms with Crippen LogP contribution >= 0.6 is 0 Å². The van der Waals surface area contributed by atoms with Gasteiger partial charge in [-0.1, -0.05) is 6.92 Å². The van der Waals surface area contributed by atoms with Gasteiger partial charge in [0.2, 0.25) is 0 Å². The maximum Gasteiger partial charge on any atom is 0.188 e. The van der Waals surface area contributed by atoms with E-state index in [1.165, 1.54) is 12.8 Å². The molecule has 0 aromatic carbocycles. The van der Waals surface area contributed by atoms with E-state index in [1.807, 2.05) is 6.92 Å². The molecule has 1 saturated carbocycles. The van der Waals surface area contributed by atoms with Gasteiger partial charge in [-0.2, -0.15) is 0 Å². The summed E-state index contributed by atoms with van der Waals surface area (Å²) in [6.45, 7) is 5.00. The van der Waals surface area contributed by atoms with Crippen molar-refractivity contribution in [2.75, 3.05) is 6.54 Å². The van der Waals surface area contributed by atoms with Crippen LogP contribution in [-0.2, 0) is 0 Å².